The van der Waals surface area contributed by atoms with Crippen LogP contribution in [-0.2, 0) is 5.79 Å². The molecule has 3 aliphatic rings. The molecule has 7 rings (SSSR count). The highest BCUT2D eigenvalue weighted by Gasteiger charge is 2.70. The molecule has 0 spiro atoms. The van der Waals surface area contributed by atoms with Crippen LogP contribution in [0.5, 0.6) is 51.7 Å². The van der Waals surface area contributed by atoms with E-state index in [4.69, 9.17) is 9.47 Å². The zero-order valence-corrected chi connectivity index (χ0v) is 28.3. The van der Waals surface area contributed by atoms with Crippen molar-refractivity contribution in [3.05, 3.63) is 112 Å². The molecule has 5 atom stereocenters. The predicted molar refractivity (Wildman–Crippen MR) is 185 cm³/mol. The average Bonchev–Trinajstić information content (AvgIpc) is 3.30. The normalized spacial score (nSPS) is 24.4. The van der Waals surface area contributed by atoms with Crippen molar-refractivity contribution in [1.82, 2.24) is 0 Å². The number of carbonyl (C=O) groups is 2. The molecule has 2 aliphatic heterocycles. The number of phenols is 7. The van der Waals surface area contributed by atoms with E-state index in [9.17, 15) is 50.4 Å². The second-order valence-electron chi connectivity index (χ2n) is 13.9. The van der Waals surface area contributed by atoms with Gasteiger partial charge < -0.3 is 50.3 Å². The fourth-order valence-corrected chi connectivity index (χ4v) is 7.82. The van der Waals surface area contributed by atoms with E-state index < -0.39 is 69.3 Å². The van der Waals surface area contributed by atoms with Gasteiger partial charge in [0, 0.05) is 54.0 Å². The maximum absolute atomic E-state index is 14.8. The first kappa shape index (κ1) is 34.3. The van der Waals surface area contributed by atoms with Gasteiger partial charge in [-0.15, -0.1) is 0 Å². The first-order valence-corrected chi connectivity index (χ1v) is 16.5. The van der Waals surface area contributed by atoms with Crippen LogP contribution < -0.4 is 9.47 Å². The number of fused-ring (bicyclic) bond motifs is 4. The van der Waals surface area contributed by atoms with E-state index in [-0.39, 0.29) is 63.8 Å². The number of ether oxygens (including phenoxy) is 2. The lowest BCUT2D eigenvalue weighted by Crippen LogP contribution is -2.62. The van der Waals surface area contributed by atoms with Crippen molar-refractivity contribution in [2.24, 2.45) is 5.92 Å². The molecular weight excluding hydrogens is 672 g/mol. The van der Waals surface area contributed by atoms with E-state index in [1.165, 1.54) is 42.5 Å². The third-order valence-corrected chi connectivity index (χ3v) is 10.2. The van der Waals surface area contributed by atoms with E-state index >= 15 is 0 Å². The molecule has 268 valence electrons. The van der Waals surface area contributed by atoms with Gasteiger partial charge in [-0.3, -0.25) is 9.59 Å². The summed E-state index contributed by atoms with van der Waals surface area (Å²) >= 11 is 0. The summed E-state index contributed by atoms with van der Waals surface area (Å²) in [5.41, 5.74) is -1.26. The Kier molecular flexibility index (Phi) is 7.91. The molecule has 0 amide bonds. The molecule has 0 saturated heterocycles. The molecule has 4 aromatic carbocycles. The third kappa shape index (κ3) is 5.09. The molecular formula is C40H36O12. The highest BCUT2D eigenvalue weighted by molar-refractivity contribution is 6.10. The quantitative estimate of drug-likeness (QED) is 0.0824. The third-order valence-electron chi connectivity index (χ3n) is 10.2. The van der Waals surface area contributed by atoms with Crippen LogP contribution in [0.3, 0.4) is 0 Å². The van der Waals surface area contributed by atoms with Gasteiger partial charge in [-0.05, 0) is 63.1 Å². The fourth-order valence-electron chi connectivity index (χ4n) is 7.82. The van der Waals surface area contributed by atoms with Crippen molar-refractivity contribution in [2.75, 3.05) is 0 Å². The van der Waals surface area contributed by atoms with Crippen LogP contribution in [0.1, 0.15) is 82.9 Å². The second kappa shape index (κ2) is 12.0. The summed E-state index contributed by atoms with van der Waals surface area (Å²) in [5.74, 6) is -10.8. The molecule has 12 nitrogen and oxygen atoms in total. The SMILES string of the molecule is CC(C)=CC[C@]12Oc3cc(O)ccc3[C@@]1(O)Oc1c(c(O)cc(O)c1[C@@H]1C=C(C)C[C@@H](c3ccc(O)cc3O)[C@@H]1C(=O)c1ccc(O)cc1O)C2=O. The molecule has 0 unspecified atom stereocenters. The predicted octanol–water partition coefficient (Wildman–Crippen LogP) is 6.25. The zero-order chi connectivity index (χ0) is 37.4. The first-order valence-electron chi connectivity index (χ1n) is 16.5. The molecule has 0 radical (unpaired) electrons. The van der Waals surface area contributed by atoms with Crippen LogP contribution in [0, 0.1) is 5.92 Å². The largest absolute Gasteiger partial charge is 0.508 e. The van der Waals surface area contributed by atoms with Crippen LogP contribution in [0.15, 0.2) is 84.0 Å². The fraction of sp³-hybridized carbons (Fsp3) is 0.250. The molecule has 0 fully saturated rings. The standard InChI is InChI=1S/C40H36O12/c1-18(2)10-11-39-38(49)35-31(47)17-30(46)34(37(35)52-40(39,50)27-9-6-22(43)16-32(27)51-39)26-13-19(3)12-25(23-7-4-20(41)14-28(23)44)33(26)36(48)24-8-5-21(42)15-29(24)45/h4-10,13-17,25-26,33,41-47,50H,11-12H2,1-3H3/t25-,26+,33-,39+,40+/m0/s1. The van der Waals surface area contributed by atoms with Crippen LogP contribution in [-0.4, -0.2) is 58.0 Å². The number of benzene rings is 4. The number of hydrogen-bond donors (Lipinski definition) is 8. The smallest absolute Gasteiger partial charge is 0.286 e. The molecule has 8 N–H and O–H groups in total. The second-order valence-corrected chi connectivity index (χ2v) is 13.9. The van der Waals surface area contributed by atoms with Gasteiger partial charge in [-0.1, -0.05) is 29.4 Å². The summed E-state index contributed by atoms with van der Waals surface area (Å²) in [6.45, 7) is 5.32. The Morgan fingerprint density at radius 2 is 1.48 bits per heavy atom. The molecule has 4 aromatic rings. The summed E-state index contributed by atoms with van der Waals surface area (Å²) in [5, 5.41) is 87.7. The molecule has 2 heterocycles. The molecule has 52 heavy (non-hydrogen) atoms. The van der Waals surface area contributed by atoms with E-state index in [1.807, 2.05) is 0 Å². The molecule has 12 heteroatoms. The number of hydrogen-bond acceptors (Lipinski definition) is 12. The lowest BCUT2D eigenvalue weighted by Gasteiger charge is -2.44. The van der Waals surface area contributed by atoms with Gasteiger partial charge in [0.2, 0.25) is 11.4 Å². The van der Waals surface area contributed by atoms with Crippen LogP contribution >= 0.6 is 0 Å². The number of allylic oxidation sites excluding steroid dienone is 3. The van der Waals surface area contributed by atoms with Gasteiger partial charge in [-0.25, -0.2) is 0 Å². The van der Waals surface area contributed by atoms with Crippen molar-refractivity contribution in [2.45, 2.75) is 56.8 Å². The number of ketones is 2. The lowest BCUT2D eigenvalue weighted by molar-refractivity contribution is -0.221. The number of aromatic hydroxyl groups is 7. The lowest BCUT2D eigenvalue weighted by atomic mass is 9.64. The minimum atomic E-state index is -2.57. The van der Waals surface area contributed by atoms with Gasteiger partial charge >= 0.3 is 0 Å². The maximum Gasteiger partial charge on any atom is 0.286 e. The Morgan fingerprint density at radius 1 is 0.827 bits per heavy atom. The minimum absolute atomic E-state index is 0.0101. The Morgan fingerprint density at radius 3 is 2.15 bits per heavy atom. The van der Waals surface area contributed by atoms with E-state index in [0.717, 1.165) is 23.8 Å². The number of rotatable bonds is 6. The Balaban J connectivity index is 1.49. The van der Waals surface area contributed by atoms with Crippen LogP contribution in [0.2, 0.25) is 0 Å². The van der Waals surface area contributed by atoms with Gasteiger partial charge in [-0.2, -0.15) is 0 Å². The van der Waals surface area contributed by atoms with Gasteiger partial charge in [0.1, 0.15) is 57.3 Å². The van der Waals surface area contributed by atoms with E-state index in [2.05, 4.69) is 0 Å². The Labute approximate surface area is 297 Å². The van der Waals surface area contributed by atoms with Crippen LogP contribution in [0.25, 0.3) is 0 Å². The molecule has 0 bridgehead atoms. The highest BCUT2D eigenvalue weighted by Crippen LogP contribution is 2.61. The zero-order valence-electron chi connectivity index (χ0n) is 28.3. The van der Waals surface area contributed by atoms with Gasteiger partial charge in [0.05, 0.1) is 11.1 Å². The summed E-state index contributed by atoms with van der Waals surface area (Å²) in [7, 11) is 0. The van der Waals surface area contributed by atoms with E-state index in [0.29, 0.717) is 5.57 Å². The maximum atomic E-state index is 14.8. The van der Waals surface area contributed by atoms with Gasteiger partial charge in [0.25, 0.3) is 5.79 Å². The topological polar surface area (TPSA) is 214 Å². The van der Waals surface area contributed by atoms with Crippen molar-refractivity contribution < 1.29 is 59.9 Å². The molecule has 1 aliphatic carbocycles. The average molecular weight is 709 g/mol. The molecule has 0 aromatic heterocycles. The van der Waals surface area contributed by atoms with Crippen molar-refractivity contribution in [3.8, 4) is 51.7 Å². The van der Waals surface area contributed by atoms with Crippen LogP contribution in [0.4, 0.5) is 0 Å². The monoisotopic (exact) mass is 708 g/mol. The van der Waals surface area contributed by atoms with E-state index in [1.54, 1.807) is 32.9 Å². The minimum Gasteiger partial charge on any atom is -0.508 e. The Bertz CT molecular complexity index is 2250. The van der Waals surface area contributed by atoms with Gasteiger partial charge in [0.15, 0.2) is 5.78 Å². The number of phenolic OH excluding ortho intramolecular Hbond substituents is 7. The summed E-state index contributed by atoms with van der Waals surface area (Å²) in [6, 6.07) is 12.1. The number of Topliss-reactive ketones (excluding diaryl/α,β-unsaturated/α-hetero) is 2. The summed E-state index contributed by atoms with van der Waals surface area (Å²) < 4.78 is 12.6. The molecule has 0 saturated carbocycles. The first-order chi connectivity index (χ1) is 24.6. The number of aliphatic hydroxyl groups is 1. The summed E-state index contributed by atoms with van der Waals surface area (Å²) in [4.78, 5) is 29.5. The number of carbonyl (C=O) groups excluding carboxylic acids is 2. The highest BCUT2D eigenvalue weighted by atomic mass is 16.7. The van der Waals surface area contributed by atoms with Crippen molar-refractivity contribution >= 4 is 11.6 Å². The summed E-state index contributed by atoms with van der Waals surface area (Å²) in [6.07, 6.45) is 3.30. The van der Waals surface area contributed by atoms with Crippen molar-refractivity contribution in [1.29, 1.82) is 0 Å². The Hall–Kier alpha value is -6.14. The van der Waals surface area contributed by atoms with Crippen molar-refractivity contribution in [3.63, 3.8) is 0 Å².